The minimum absolute atomic E-state index is 0.269. The van der Waals surface area contributed by atoms with E-state index >= 15 is 0 Å². The van der Waals surface area contributed by atoms with Crippen LogP contribution in [-0.4, -0.2) is 24.3 Å². The molecule has 0 bridgehead atoms. The summed E-state index contributed by atoms with van der Waals surface area (Å²) in [6, 6.07) is 5.16. The molecule has 0 aliphatic rings. The lowest BCUT2D eigenvalue weighted by Crippen LogP contribution is -2.27. The van der Waals surface area contributed by atoms with Gasteiger partial charge in [0.05, 0.1) is 7.11 Å². The lowest BCUT2D eigenvalue weighted by atomic mass is 10.1. The van der Waals surface area contributed by atoms with Gasteiger partial charge in [-0.1, -0.05) is 13.3 Å². The number of carboxylic acid groups (broad SMARTS) is 1. The van der Waals surface area contributed by atoms with Crippen LogP contribution >= 0.6 is 0 Å². The van der Waals surface area contributed by atoms with Crippen molar-refractivity contribution in [3.8, 4) is 11.5 Å². The molecule has 5 heteroatoms. The number of carbonyl (C=O) groups is 1. The third-order valence-corrected chi connectivity index (χ3v) is 2.58. The van der Waals surface area contributed by atoms with Crippen molar-refractivity contribution in [1.82, 2.24) is 0 Å². The summed E-state index contributed by atoms with van der Waals surface area (Å²) in [5.74, 6) is 0.208. The second-order valence-electron chi connectivity index (χ2n) is 3.91. The number of ether oxygens (including phenoxy) is 2. The smallest absolute Gasteiger partial charge is 0.344 e. The van der Waals surface area contributed by atoms with Crippen LogP contribution in [0.5, 0.6) is 11.5 Å². The zero-order valence-electron chi connectivity index (χ0n) is 10.7. The van der Waals surface area contributed by atoms with Crippen molar-refractivity contribution in [2.75, 3.05) is 7.11 Å². The summed E-state index contributed by atoms with van der Waals surface area (Å²) >= 11 is 0. The van der Waals surface area contributed by atoms with Gasteiger partial charge in [0.1, 0.15) is 11.5 Å². The first-order valence-corrected chi connectivity index (χ1v) is 5.88. The lowest BCUT2D eigenvalue weighted by molar-refractivity contribution is -0.145. The van der Waals surface area contributed by atoms with Crippen molar-refractivity contribution in [3.63, 3.8) is 0 Å². The van der Waals surface area contributed by atoms with Crippen LogP contribution in [-0.2, 0) is 11.3 Å². The van der Waals surface area contributed by atoms with Gasteiger partial charge in [0.15, 0.2) is 6.10 Å². The topological polar surface area (TPSA) is 81.8 Å². The van der Waals surface area contributed by atoms with E-state index in [1.165, 1.54) is 0 Å². The first-order valence-electron chi connectivity index (χ1n) is 5.88. The third kappa shape index (κ3) is 3.63. The average molecular weight is 253 g/mol. The fourth-order valence-corrected chi connectivity index (χ4v) is 1.61. The highest BCUT2D eigenvalue weighted by Crippen LogP contribution is 2.25. The maximum Gasteiger partial charge on any atom is 0.344 e. The summed E-state index contributed by atoms with van der Waals surface area (Å²) in [5.41, 5.74) is 6.35. The van der Waals surface area contributed by atoms with E-state index in [1.54, 1.807) is 25.3 Å². The number of nitrogens with two attached hydrogens (primary N) is 1. The number of aliphatic carboxylic acids is 1. The van der Waals surface area contributed by atoms with Crippen molar-refractivity contribution in [3.05, 3.63) is 23.8 Å². The van der Waals surface area contributed by atoms with Gasteiger partial charge in [0.25, 0.3) is 0 Å². The van der Waals surface area contributed by atoms with Crippen LogP contribution < -0.4 is 15.2 Å². The first-order chi connectivity index (χ1) is 8.62. The van der Waals surface area contributed by atoms with Crippen LogP contribution in [0.1, 0.15) is 25.3 Å². The Labute approximate surface area is 107 Å². The maximum absolute atomic E-state index is 11.0. The number of hydrogen-bond acceptors (Lipinski definition) is 4. The molecule has 0 fully saturated rings. The van der Waals surface area contributed by atoms with Gasteiger partial charge in [0, 0.05) is 12.1 Å². The number of methoxy groups -OCH3 is 1. The molecular weight excluding hydrogens is 234 g/mol. The molecule has 100 valence electrons. The molecular formula is C13H19NO4. The van der Waals surface area contributed by atoms with E-state index in [0.717, 1.165) is 12.0 Å². The zero-order valence-corrected chi connectivity index (χ0v) is 10.7. The van der Waals surface area contributed by atoms with Crippen LogP contribution in [0, 0.1) is 0 Å². The number of benzene rings is 1. The fourth-order valence-electron chi connectivity index (χ4n) is 1.61. The average Bonchev–Trinajstić information content (AvgIpc) is 2.38. The minimum Gasteiger partial charge on any atom is -0.497 e. The molecule has 0 spiro atoms. The molecule has 1 rings (SSSR count). The summed E-state index contributed by atoms with van der Waals surface area (Å²) in [5, 5.41) is 9.05. The number of carboxylic acids is 1. The van der Waals surface area contributed by atoms with Crippen molar-refractivity contribution in [2.24, 2.45) is 5.73 Å². The highest BCUT2D eigenvalue weighted by Gasteiger charge is 2.19. The normalized spacial score (nSPS) is 11.9. The van der Waals surface area contributed by atoms with E-state index in [-0.39, 0.29) is 6.54 Å². The third-order valence-electron chi connectivity index (χ3n) is 2.58. The predicted octanol–water partition coefficient (Wildman–Crippen LogP) is 1.79. The SMILES string of the molecule is CCCC(Oc1ccc(OC)cc1CN)C(=O)O. The molecule has 1 unspecified atom stereocenters. The quantitative estimate of drug-likeness (QED) is 0.774. The standard InChI is InChI=1S/C13H19NO4/c1-3-4-12(13(15)16)18-11-6-5-10(17-2)7-9(11)8-14/h5-7,12H,3-4,8,14H2,1-2H3,(H,15,16). The summed E-state index contributed by atoms with van der Waals surface area (Å²) in [7, 11) is 1.56. The van der Waals surface area contributed by atoms with Gasteiger partial charge in [-0.15, -0.1) is 0 Å². The van der Waals surface area contributed by atoms with E-state index in [1.807, 2.05) is 6.92 Å². The monoisotopic (exact) mass is 253 g/mol. The molecule has 3 N–H and O–H groups in total. The Balaban J connectivity index is 2.91. The Kier molecular flexibility index (Phi) is 5.45. The highest BCUT2D eigenvalue weighted by atomic mass is 16.5. The molecule has 1 aromatic carbocycles. The zero-order chi connectivity index (χ0) is 13.5. The molecule has 0 aliphatic carbocycles. The summed E-state index contributed by atoms with van der Waals surface area (Å²) < 4.78 is 10.6. The van der Waals surface area contributed by atoms with Crippen molar-refractivity contribution in [1.29, 1.82) is 0 Å². The highest BCUT2D eigenvalue weighted by molar-refractivity contribution is 5.72. The number of rotatable bonds is 7. The summed E-state index contributed by atoms with van der Waals surface area (Å²) in [6.45, 7) is 2.18. The van der Waals surface area contributed by atoms with E-state index in [0.29, 0.717) is 17.9 Å². The predicted molar refractivity (Wildman–Crippen MR) is 67.8 cm³/mol. The molecule has 0 heterocycles. The Morgan fingerprint density at radius 1 is 1.50 bits per heavy atom. The Bertz CT molecular complexity index is 406. The maximum atomic E-state index is 11.0. The van der Waals surface area contributed by atoms with Crippen LogP contribution in [0.2, 0.25) is 0 Å². The molecule has 0 radical (unpaired) electrons. The van der Waals surface area contributed by atoms with Crippen LogP contribution in [0.15, 0.2) is 18.2 Å². The van der Waals surface area contributed by atoms with Crippen molar-refractivity contribution >= 4 is 5.97 Å². The Morgan fingerprint density at radius 2 is 2.22 bits per heavy atom. The molecule has 5 nitrogen and oxygen atoms in total. The number of hydrogen-bond donors (Lipinski definition) is 2. The van der Waals surface area contributed by atoms with Crippen LogP contribution in [0.4, 0.5) is 0 Å². The van der Waals surface area contributed by atoms with E-state index < -0.39 is 12.1 Å². The van der Waals surface area contributed by atoms with Crippen molar-refractivity contribution in [2.45, 2.75) is 32.4 Å². The molecule has 1 atom stereocenters. The first kappa shape index (κ1) is 14.3. The molecule has 0 aromatic heterocycles. The largest absolute Gasteiger partial charge is 0.497 e. The summed E-state index contributed by atoms with van der Waals surface area (Å²) in [6.07, 6.45) is 0.366. The van der Waals surface area contributed by atoms with Gasteiger partial charge in [-0.05, 0) is 24.6 Å². The van der Waals surface area contributed by atoms with Gasteiger partial charge in [-0.25, -0.2) is 4.79 Å². The van der Waals surface area contributed by atoms with Crippen LogP contribution in [0.3, 0.4) is 0 Å². The minimum atomic E-state index is -0.962. The van der Waals surface area contributed by atoms with Crippen LogP contribution in [0.25, 0.3) is 0 Å². The van der Waals surface area contributed by atoms with Gasteiger partial charge in [-0.2, -0.15) is 0 Å². The second kappa shape index (κ2) is 6.86. The molecule has 0 saturated carbocycles. The van der Waals surface area contributed by atoms with Gasteiger partial charge >= 0.3 is 5.97 Å². The van der Waals surface area contributed by atoms with E-state index in [9.17, 15) is 4.79 Å². The van der Waals surface area contributed by atoms with Gasteiger partial charge in [-0.3, -0.25) is 0 Å². The molecule has 18 heavy (non-hydrogen) atoms. The molecule has 1 aromatic rings. The van der Waals surface area contributed by atoms with E-state index in [4.69, 9.17) is 20.3 Å². The second-order valence-corrected chi connectivity index (χ2v) is 3.91. The fraction of sp³-hybridized carbons (Fsp3) is 0.462. The van der Waals surface area contributed by atoms with Crippen molar-refractivity contribution < 1.29 is 19.4 Å². The van der Waals surface area contributed by atoms with Gasteiger partial charge in [0.2, 0.25) is 0 Å². The van der Waals surface area contributed by atoms with Gasteiger partial charge < -0.3 is 20.3 Å². The molecule has 0 saturated heterocycles. The van der Waals surface area contributed by atoms with E-state index in [2.05, 4.69) is 0 Å². The molecule has 0 amide bonds. The Hall–Kier alpha value is -1.75. The molecule has 0 aliphatic heterocycles. The summed E-state index contributed by atoms with van der Waals surface area (Å²) in [4.78, 5) is 11.0. The lowest BCUT2D eigenvalue weighted by Gasteiger charge is -2.17. The Morgan fingerprint density at radius 3 is 2.72 bits per heavy atom.